The zero-order valence-corrected chi connectivity index (χ0v) is 10.4. The van der Waals surface area contributed by atoms with Gasteiger partial charge in [-0.15, -0.1) is 0 Å². The van der Waals surface area contributed by atoms with E-state index in [0.717, 1.165) is 12.8 Å². The maximum atomic E-state index is 2.32. The van der Waals surface area contributed by atoms with Crippen LogP contribution in [0.15, 0.2) is 30.4 Å². The van der Waals surface area contributed by atoms with Crippen molar-refractivity contribution < 1.29 is 0 Å². The van der Waals surface area contributed by atoms with Crippen molar-refractivity contribution in [1.82, 2.24) is 0 Å². The van der Waals surface area contributed by atoms with Gasteiger partial charge in [0.15, 0.2) is 0 Å². The van der Waals surface area contributed by atoms with Gasteiger partial charge in [-0.3, -0.25) is 0 Å². The van der Waals surface area contributed by atoms with E-state index in [9.17, 15) is 0 Å². The summed E-state index contributed by atoms with van der Waals surface area (Å²) < 4.78 is 0. The summed E-state index contributed by atoms with van der Waals surface area (Å²) in [4.78, 5) is 0. The normalized spacial score (nSPS) is 13.3. The molecule has 0 aromatic heterocycles. The highest BCUT2D eigenvalue weighted by Gasteiger charge is 2.04. The second-order valence-electron chi connectivity index (χ2n) is 4.36. The van der Waals surface area contributed by atoms with Crippen molar-refractivity contribution >= 4 is 0 Å². The van der Waals surface area contributed by atoms with Crippen LogP contribution >= 0.6 is 0 Å². The van der Waals surface area contributed by atoms with Crippen LogP contribution in [0.2, 0.25) is 0 Å². The van der Waals surface area contributed by atoms with Crippen LogP contribution in [0.5, 0.6) is 0 Å². The van der Waals surface area contributed by atoms with Gasteiger partial charge in [0.25, 0.3) is 0 Å². The molecule has 1 rings (SSSR count). The summed E-state index contributed by atoms with van der Waals surface area (Å²) in [5.41, 5.74) is 4.24. The number of benzene rings is 1. The van der Waals surface area contributed by atoms with Crippen molar-refractivity contribution in [3.8, 4) is 0 Å². The van der Waals surface area contributed by atoms with Crippen molar-refractivity contribution in [3.05, 3.63) is 47.0 Å². The third-order valence-electron chi connectivity index (χ3n) is 2.99. The lowest BCUT2D eigenvalue weighted by Gasteiger charge is -2.11. The van der Waals surface area contributed by atoms with Gasteiger partial charge < -0.3 is 0 Å². The predicted octanol–water partition coefficient (Wildman–Crippen LogP) is 4.76. The molecule has 0 nitrogen and oxygen atoms in total. The van der Waals surface area contributed by atoms with Crippen LogP contribution in [-0.4, -0.2) is 0 Å². The van der Waals surface area contributed by atoms with E-state index in [2.05, 4.69) is 58.0 Å². The van der Waals surface area contributed by atoms with Gasteiger partial charge in [0.05, 0.1) is 0 Å². The third kappa shape index (κ3) is 3.54. The molecule has 1 atom stereocenters. The Labute approximate surface area is 94.0 Å². The molecule has 0 aliphatic rings. The first-order valence-corrected chi connectivity index (χ1v) is 5.87. The summed E-state index contributed by atoms with van der Waals surface area (Å²) in [6, 6.07) is 6.80. The largest absolute Gasteiger partial charge is 0.0888 e. The Morgan fingerprint density at radius 1 is 1.13 bits per heavy atom. The van der Waals surface area contributed by atoms with E-state index in [4.69, 9.17) is 0 Å². The molecular formula is C15H22. The van der Waals surface area contributed by atoms with Gasteiger partial charge >= 0.3 is 0 Å². The molecular weight excluding hydrogens is 180 g/mol. The van der Waals surface area contributed by atoms with Crippen LogP contribution in [0.4, 0.5) is 0 Å². The molecule has 0 bridgehead atoms. The SMILES string of the molecule is CC/C=C\CC(C)c1ccc(C)c(C)c1. The molecule has 15 heavy (non-hydrogen) atoms. The maximum Gasteiger partial charge on any atom is -0.0156 e. The van der Waals surface area contributed by atoms with E-state index < -0.39 is 0 Å². The van der Waals surface area contributed by atoms with Crippen molar-refractivity contribution in [2.45, 2.75) is 46.5 Å². The molecule has 0 saturated carbocycles. The van der Waals surface area contributed by atoms with Crippen LogP contribution in [-0.2, 0) is 0 Å². The highest BCUT2D eigenvalue weighted by atomic mass is 14.1. The van der Waals surface area contributed by atoms with Crippen molar-refractivity contribution in [2.75, 3.05) is 0 Å². The summed E-state index contributed by atoms with van der Waals surface area (Å²) in [5.74, 6) is 0.632. The van der Waals surface area contributed by atoms with Gasteiger partial charge in [0.1, 0.15) is 0 Å². The Balaban J connectivity index is 2.69. The second-order valence-corrected chi connectivity index (χ2v) is 4.36. The van der Waals surface area contributed by atoms with Gasteiger partial charge in [-0.2, -0.15) is 0 Å². The van der Waals surface area contributed by atoms with E-state index in [1.807, 2.05) is 0 Å². The van der Waals surface area contributed by atoms with E-state index in [1.165, 1.54) is 16.7 Å². The molecule has 0 heteroatoms. The summed E-state index contributed by atoms with van der Waals surface area (Å²) in [5, 5.41) is 0. The molecule has 1 aromatic carbocycles. The van der Waals surface area contributed by atoms with Gasteiger partial charge in [-0.25, -0.2) is 0 Å². The molecule has 82 valence electrons. The lowest BCUT2D eigenvalue weighted by molar-refractivity contribution is 0.777. The van der Waals surface area contributed by atoms with E-state index in [1.54, 1.807) is 0 Å². The van der Waals surface area contributed by atoms with Crippen molar-refractivity contribution in [2.24, 2.45) is 0 Å². The average Bonchev–Trinajstić information content (AvgIpc) is 2.22. The van der Waals surface area contributed by atoms with Gasteiger partial charge in [0, 0.05) is 0 Å². The maximum absolute atomic E-state index is 2.32. The third-order valence-corrected chi connectivity index (χ3v) is 2.99. The number of aryl methyl sites for hydroxylation is 2. The van der Waals surface area contributed by atoms with Crippen LogP contribution < -0.4 is 0 Å². The summed E-state index contributed by atoms with van der Waals surface area (Å²) in [6.07, 6.45) is 6.83. The molecule has 0 N–H and O–H groups in total. The Hall–Kier alpha value is -1.04. The average molecular weight is 202 g/mol. The van der Waals surface area contributed by atoms with Crippen LogP contribution in [0, 0.1) is 13.8 Å². The van der Waals surface area contributed by atoms with Crippen molar-refractivity contribution in [3.63, 3.8) is 0 Å². The highest BCUT2D eigenvalue weighted by molar-refractivity contribution is 5.31. The first kappa shape index (κ1) is 12.0. The molecule has 0 aliphatic heterocycles. The highest BCUT2D eigenvalue weighted by Crippen LogP contribution is 2.21. The first-order chi connectivity index (χ1) is 7.15. The van der Waals surface area contributed by atoms with Crippen LogP contribution in [0.3, 0.4) is 0 Å². The Kier molecular flexibility index (Phi) is 4.61. The van der Waals surface area contributed by atoms with Crippen molar-refractivity contribution in [1.29, 1.82) is 0 Å². The second kappa shape index (κ2) is 5.75. The minimum atomic E-state index is 0.632. The zero-order chi connectivity index (χ0) is 11.3. The quantitative estimate of drug-likeness (QED) is 0.617. The standard InChI is InChI=1S/C15H22/c1-5-6-7-8-13(3)15-10-9-12(2)14(4)11-15/h6-7,9-11,13H,5,8H2,1-4H3/b7-6-. The molecule has 0 fully saturated rings. The van der Waals surface area contributed by atoms with Crippen LogP contribution in [0.1, 0.15) is 49.3 Å². The smallest absolute Gasteiger partial charge is 0.0156 e. The fourth-order valence-electron chi connectivity index (χ4n) is 1.67. The Morgan fingerprint density at radius 3 is 2.47 bits per heavy atom. The minimum Gasteiger partial charge on any atom is -0.0888 e. The summed E-state index contributed by atoms with van der Waals surface area (Å²) >= 11 is 0. The molecule has 0 amide bonds. The predicted molar refractivity (Wildman–Crippen MR) is 68.4 cm³/mol. The lowest BCUT2D eigenvalue weighted by Crippen LogP contribution is -1.93. The number of rotatable bonds is 4. The fourth-order valence-corrected chi connectivity index (χ4v) is 1.67. The number of hydrogen-bond acceptors (Lipinski definition) is 0. The van der Waals surface area contributed by atoms with Gasteiger partial charge in [0.2, 0.25) is 0 Å². The van der Waals surface area contributed by atoms with E-state index in [0.29, 0.717) is 5.92 Å². The molecule has 0 radical (unpaired) electrons. The van der Waals surface area contributed by atoms with E-state index in [-0.39, 0.29) is 0 Å². The molecule has 0 aliphatic carbocycles. The molecule has 0 heterocycles. The molecule has 0 spiro atoms. The first-order valence-electron chi connectivity index (χ1n) is 5.87. The lowest BCUT2D eigenvalue weighted by atomic mass is 9.94. The van der Waals surface area contributed by atoms with Gasteiger partial charge in [-0.05, 0) is 49.3 Å². The topological polar surface area (TPSA) is 0 Å². The Morgan fingerprint density at radius 2 is 1.87 bits per heavy atom. The molecule has 1 unspecified atom stereocenters. The van der Waals surface area contributed by atoms with Gasteiger partial charge in [-0.1, -0.05) is 44.2 Å². The number of allylic oxidation sites excluding steroid dienone is 2. The monoisotopic (exact) mass is 202 g/mol. The zero-order valence-electron chi connectivity index (χ0n) is 10.4. The summed E-state index contributed by atoms with van der Waals surface area (Å²) in [7, 11) is 0. The van der Waals surface area contributed by atoms with E-state index >= 15 is 0 Å². The minimum absolute atomic E-state index is 0.632. The summed E-state index contributed by atoms with van der Waals surface area (Å²) in [6.45, 7) is 8.83. The Bertz CT molecular complexity index is 334. The molecule has 0 saturated heterocycles. The number of hydrogen-bond donors (Lipinski definition) is 0. The van der Waals surface area contributed by atoms with Crippen LogP contribution in [0.25, 0.3) is 0 Å². The fraction of sp³-hybridized carbons (Fsp3) is 0.467. The molecule has 1 aromatic rings.